The topological polar surface area (TPSA) is 55.8 Å². The molecule has 1 unspecified atom stereocenters. The molecule has 0 fully saturated rings. The Morgan fingerprint density at radius 3 is 1.05 bits per heavy atom. The number of aliphatic hydroxyl groups excluding tert-OH is 1. The van der Waals surface area contributed by atoms with E-state index in [1.807, 2.05) is 0 Å². The van der Waals surface area contributed by atoms with Gasteiger partial charge in [0.2, 0.25) is 0 Å². The third kappa shape index (κ3) is 52.6. The number of ether oxygens (including phenoxy) is 2. The van der Waals surface area contributed by atoms with E-state index >= 15 is 0 Å². The van der Waals surface area contributed by atoms with E-state index in [2.05, 4.69) is 62.5 Å². The summed E-state index contributed by atoms with van der Waals surface area (Å²) >= 11 is 0. The van der Waals surface area contributed by atoms with E-state index in [0.717, 1.165) is 32.1 Å². The quantitative estimate of drug-likeness (QED) is 0.0376. The molecule has 1 N–H and O–H groups in total. The first-order chi connectivity index (χ1) is 30.2. The molecular formula is C57H106O4. The van der Waals surface area contributed by atoms with Crippen LogP contribution in [0.25, 0.3) is 0 Å². The highest BCUT2D eigenvalue weighted by atomic mass is 16.6. The van der Waals surface area contributed by atoms with Gasteiger partial charge in [0, 0.05) is 13.0 Å². The lowest BCUT2D eigenvalue weighted by Crippen LogP contribution is -2.27. The number of unbranched alkanes of at least 4 members (excludes halogenated alkanes) is 35. The van der Waals surface area contributed by atoms with Crippen LogP contribution in [0.4, 0.5) is 0 Å². The average Bonchev–Trinajstić information content (AvgIpc) is 3.27. The van der Waals surface area contributed by atoms with Crippen molar-refractivity contribution in [2.45, 2.75) is 290 Å². The molecule has 0 aromatic rings. The van der Waals surface area contributed by atoms with Crippen molar-refractivity contribution in [2.24, 2.45) is 0 Å². The Kier molecular flexibility index (Phi) is 53.0. The second kappa shape index (κ2) is 54.5. The maximum atomic E-state index is 12.3. The molecule has 0 saturated carbocycles. The standard InChI is InChI=1S/C57H106O4/c1-3-5-7-9-11-13-15-17-19-21-23-25-27-28-29-31-33-35-37-39-41-43-45-47-49-51-53-60-55-56(54-58)61-57(59)52-50-48-46-44-42-40-38-36-34-32-30-26-24-22-20-18-16-14-12-10-8-6-4-2/h15,17,21-24,27-28,56,58H,3-14,16,18-20,25-26,29-55H2,1-2H3/b17-15-,23-21-,24-22-,28-27-. The van der Waals surface area contributed by atoms with Crippen LogP contribution in [0.2, 0.25) is 0 Å². The average molecular weight is 855 g/mol. The number of allylic oxidation sites excluding steroid dienone is 8. The van der Waals surface area contributed by atoms with Crippen LogP contribution in [-0.4, -0.2) is 37.0 Å². The third-order valence-electron chi connectivity index (χ3n) is 12.1. The summed E-state index contributed by atoms with van der Waals surface area (Å²) in [5, 5.41) is 9.67. The molecule has 0 aromatic carbocycles. The molecule has 0 radical (unpaired) electrons. The lowest BCUT2D eigenvalue weighted by atomic mass is 10.0. The van der Waals surface area contributed by atoms with Crippen LogP contribution >= 0.6 is 0 Å². The van der Waals surface area contributed by atoms with Crippen molar-refractivity contribution in [1.29, 1.82) is 0 Å². The molecule has 0 aliphatic heterocycles. The molecule has 0 aliphatic rings. The Morgan fingerprint density at radius 1 is 0.393 bits per heavy atom. The summed E-state index contributed by atoms with van der Waals surface area (Å²) in [5.74, 6) is -0.199. The van der Waals surface area contributed by atoms with Crippen LogP contribution in [-0.2, 0) is 14.3 Å². The zero-order valence-corrected chi connectivity index (χ0v) is 41.2. The fraction of sp³-hybridized carbons (Fsp3) is 0.842. The van der Waals surface area contributed by atoms with Gasteiger partial charge in [-0.3, -0.25) is 4.79 Å². The Bertz CT molecular complexity index is 951. The third-order valence-corrected chi connectivity index (χ3v) is 12.1. The fourth-order valence-electron chi connectivity index (χ4n) is 8.04. The Labute approximate surface area is 382 Å². The van der Waals surface area contributed by atoms with E-state index < -0.39 is 6.10 Å². The molecule has 0 bridgehead atoms. The van der Waals surface area contributed by atoms with Crippen molar-refractivity contribution in [1.82, 2.24) is 0 Å². The predicted molar refractivity (Wildman–Crippen MR) is 270 cm³/mol. The number of aliphatic hydroxyl groups is 1. The molecular weight excluding hydrogens is 749 g/mol. The number of rotatable bonds is 51. The Hall–Kier alpha value is -1.65. The van der Waals surface area contributed by atoms with Crippen LogP contribution in [0.5, 0.6) is 0 Å². The minimum absolute atomic E-state index is 0.172. The first kappa shape index (κ1) is 59.4. The van der Waals surface area contributed by atoms with Gasteiger partial charge < -0.3 is 14.6 Å². The van der Waals surface area contributed by atoms with E-state index in [0.29, 0.717) is 19.6 Å². The monoisotopic (exact) mass is 855 g/mol. The number of esters is 1. The molecule has 358 valence electrons. The minimum Gasteiger partial charge on any atom is -0.457 e. The van der Waals surface area contributed by atoms with Crippen molar-refractivity contribution >= 4 is 5.97 Å². The van der Waals surface area contributed by atoms with E-state index in [9.17, 15) is 9.90 Å². The van der Waals surface area contributed by atoms with Crippen molar-refractivity contribution in [2.75, 3.05) is 19.8 Å². The van der Waals surface area contributed by atoms with Gasteiger partial charge in [-0.25, -0.2) is 0 Å². The second-order valence-corrected chi connectivity index (χ2v) is 18.3. The van der Waals surface area contributed by atoms with Gasteiger partial charge in [-0.1, -0.05) is 249 Å². The number of hydrogen-bond acceptors (Lipinski definition) is 4. The molecule has 0 amide bonds. The molecule has 0 rings (SSSR count). The van der Waals surface area contributed by atoms with Gasteiger partial charge in [0.15, 0.2) is 0 Å². The van der Waals surface area contributed by atoms with E-state index in [1.54, 1.807) is 0 Å². The van der Waals surface area contributed by atoms with Crippen LogP contribution in [0.15, 0.2) is 48.6 Å². The van der Waals surface area contributed by atoms with Crippen molar-refractivity contribution in [3.8, 4) is 0 Å². The second-order valence-electron chi connectivity index (χ2n) is 18.3. The van der Waals surface area contributed by atoms with E-state index in [1.165, 1.54) is 231 Å². The highest BCUT2D eigenvalue weighted by Gasteiger charge is 2.13. The highest BCUT2D eigenvalue weighted by Crippen LogP contribution is 2.16. The first-order valence-electron chi connectivity index (χ1n) is 27.2. The summed E-state index contributed by atoms with van der Waals surface area (Å²) in [6.45, 7) is 5.36. The van der Waals surface area contributed by atoms with Gasteiger partial charge in [0.25, 0.3) is 0 Å². The number of carbonyl (C=O) groups excluding carboxylic acids is 1. The molecule has 0 aromatic heterocycles. The van der Waals surface area contributed by atoms with Gasteiger partial charge in [-0.2, -0.15) is 0 Å². The van der Waals surface area contributed by atoms with Crippen LogP contribution in [0, 0.1) is 0 Å². The lowest BCUT2D eigenvalue weighted by Gasteiger charge is -2.16. The smallest absolute Gasteiger partial charge is 0.306 e. The fourth-order valence-corrected chi connectivity index (χ4v) is 8.04. The largest absolute Gasteiger partial charge is 0.457 e. The molecule has 0 saturated heterocycles. The van der Waals surface area contributed by atoms with Gasteiger partial charge >= 0.3 is 5.97 Å². The maximum absolute atomic E-state index is 12.3. The molecule has 0 aliphatic carbocycles. The summed E-state index contributed by atoms with van der Waals surface area (Å²) < 4.78 is 11.2. The van der Waals surface area contributed by atoms with Gasteiger partial charge in [-0.15, -0.1) is 0 Å². The number of carbonyl (C=O) groups is 1. The van der Waals surface area contributed by atoms with Gasteiger partial charge in [-0.05, 0) is 77.0 Å². The summed E-state index contributed by atoms with van der Waals surface area (Å²) in [7, 11) is 0. The molecule has 0 heterocycles. The van der Waals surface area contributed by atoms with Gasteiger partial charge in [0.05, 0.1) is 13.2 Å². The summed E-state index contributed by atoms with van der Waals surface area (Å²) in [6.07, 6.45) is 72.1. The van der Waals surface area contributed by atoms with Crippen molar-refractivity contribution in [3.63, 3.8) is 0 Å². The number of hydrogen-bond donors (Lipinski definition) is 1. The molecule has 1 atom stereocenters. The Balaban J connectivity index is 3.40. The normalized spacial score (nSPS) is 12.6. The Morgan fingerprint density at radius 2 is 0.689 bits per heavy atom. The first-order valence-corrected chi connectivity index (χ1v) is 27.2. The molecule has 0 spiro atoms. The van der Waals surface area contributed by atoms with E-state index in [4.69, 9.17) is 9.47 Å². The zero-order chi connectivity index (χ0) is 44.0. The summed E-state index contributed by atoms with van der Waals surface area (Å²) in [4.78, 5) is 12.3. The lowest BCUT2D eigenvalue weighted by molar-refractivity contribution is -0.154. The summed E-state index contributed by atoms with van der Waals surface area (Å²) in [6, 6.07) is 0. The maximum Gasteiger partial charge on any atom is 0.306 e. The van der Waals surface area contributed by atoms with Crippen molar-refractivity contribution < 1.29 is 19.4 Å². The summed E-state index contributed by atoms with van der Waals surface area (Å²) in [5.41, 5.74) is 0. The highest BCUT2D eigenvalue weighted by molar-refractivity contribution is 5.69. The van der Waals surface area contributed by atoms with Gasteiger partial charge in [0.1, 0.15) is 6.10 Å². The van der Waals surface area contributed by atoms with E-state index in [-0.39, 0.29) is 12.6 Å². The van der Waals surface area contributed by atoms with Crippen LogP contribution in [0.1, 0.15) is 284 Å². The zero-order valence-electron chi connectivity index (χ0n) is 41.2. The molecule has 4 heteroatoms. The van der Waals surface area contributed by atoms with Crippen molar-refractivity contribution in [3.05, 3.63) is 48.6 Å². The van der Waals surface area contributed by atoms with Crippen LogP contribution in [0.3, 0.4) is 0 Å². The molecule has 4 nitrogen and oxygen atoms in total. The molecule has 61 heavy (non-hydrogen) atoms. The minimum atomic E-state index is -0.538. The van der Waals surface area contributed by atoms with Crippen LogP contribution < -0.4 is 0 Å². The predicted octanol–water partition coefficient (Wildman–Crippen LogP) is 18.6. The SMILES string of the molecule is CCCCCCC/C=C\C/C=C\C/C=C\CCCCCCCCCCCCCOCC(CO)OC(=O)CCCCCCCCCCCCC/C=C\CCCCCCCCCC.